The summed E-state index contributed by atoms with van der Waals surface area (Å²) in [4.78, 5) is 0. The van der Waals surface area contributed by atoms with Crippen molar-refractivity contribution in [2.45, 2.75) is 91.4 Å². The van der Waals surface area contributed by atoms with Gasteiger partial charge in [0, 0.05) is 72.6 Å². The zero-order valence-electron chi connectivity index (χ0n) is 51.0. The molecule has 6 nitrogen and oxygen atoms in total. The number of hydrogen-bond acceptors (Lipinski definition) is 6. The first-order valence-electron chi connectivity index (χ1n) is 26.6. The van der Waals surface area contributed by atoms with Crippen LogP contribution in [0.5, 0.6) is 34.5 Å². The van der Waals surface area contributed by atoms with Crippen molar-refractivity contribution in [1.82, 2.24) is 0 Å². The highest BCUT2D eigenvalue weighted by Crippen LogP contribution is 2.33. The molecule has 0 radical (unpaired) electrons. The van der Waals surface area contributed by atoms with Crippen molar-refractivity contribution in [1.29, 1.82) is 0 Å². The molecule has 446 valence electrons. The Morgan fingerprint density at radius 1 is 0.305 bits per heavy atom. The number of halogens is 5. The third kappa shape index (κ3) is 23.2. The molecule has 0 fully saturated rings. The summed E-state index contributed by atoms with van der Waals surface area (Å²) < 4.78 is 32.2. The maximum Gasteiger partial charge on any atom is 0.169 e. The van der Waals surface area contributed by atoms with Crippen LogP contribution in [0.2, 0.25) is 78.6 Å². The Kier molecular flexibility index (Phi) is 32.7. The van der Waals surface area contributed by atoms with E-state index < -0.39 is 32.3 Å². The minimum atomic E-state index is -1.41. The van der Waals surface area contributed by atoms with Crippen LogP contribution < -0.4 is 75.7 Å². The number of ether oxygens (including phenoxy) is 6. The summed E-state index contributed by atoms with van der Waals surface area (Å²) in [5.74, 6) is 5.31. The first-order chi connectivity index (χ1) is 38.7. The highest BCUT2D eigenvalue weighted by Gasteiger charge is 2.28. The second-order valence-corrected chi connectivity index (χ2v) is 49.8. The summed E-state index contributed by atoms with van der Waals surface area (Å²) in [6, 6.07) is 48.4. The predicted octanol–water partition coefficient (Wildman–Crippen LogP) is 16.1. The van der Waals surface area contributed by atoms with Gasteiger partial charge in [0.25, 0.3) is 0 Å². The van der Waals surface area contributed by atoms with Gasteiger partial charge >= 0.3 is 0 Å². The minimum Gasteiger partial charge on any atom is -0.496 e. The molecule has 0 aromatic heterocycles. The van der Waals surface area contributed by atoms with Crippen LogP contribution in [0.4, 0.5) is 0 Å². The molecule has 0 heterocycles. The highest BCUT2D eigenvalue weighted by atomic mass is 35.7. The van der Waals surface area contributed by atoms with Gasteiger partial charge in [-0.1, -0.05) is 254 Å². The zero-order chi connectivity index (χ0) is 61.4. The fraction of sp³-hybridized carbons (Fsp3) is 0.323. The standard InChI is InChI=1S/C21H20ClOP.C13H24ClOPSi2.2C10H16ClOPSi.C8H10ClO2P/c1-23-21-19(13-17-10-6-3-7-11-17)14-18(15-20(21)24-22)12-16-8-4-2-5-9-16;1-15-13-11(16-14)8-10(17(2,3)4)9-12(13)18(5,6)7;1-12-9-6-5-8(14(2,3)4)7-10(9)13-11;1-12-10-8(13-11)6-5-7-9(10)14(2,3)4;1-10-6-4-3-5-7(12-9)8(6)11-2/h2-11,14-15,24H,12-13H2,1H3;8-9,16H,1-7H3;2*5-7,13H,1-4H3;3-5,12H,1-2H3. The quantitative estimate of drug-likeness (QED) is 0.0594. The molecule has 0 saturated carbocycles. The Morgan fingerprint density at radius 3 is 1.17 bits per heavy atom. The van der Waals surface area contributed by atoms with Gasteiger partial charge < -0.3 is 28.4 Å². The van der Waals surface area contributed by atoms with Crippen LogP contribution >= 0.6 is 95.9 Å². The van der Waals surface area contributed by atoms with Crippen LogP contribution in [0, 0.1) is 0 Å². The Labute approximate surface area is 529 Å². The van der Waals surface area contributed by atoms with Gasteiger partial charge in [0.1, 0.15) is 23.0 Å². The molecule has 0 aliphatic rings. The topological polar surface area (TPSA) is 55.4 Å². The maximum atomic E-state index is 6.21. The van der Waals surface area contributed by atoms with Crippen molar-refractivity contribution >= 4 is 175 Å². The fourth-order valence-corrected chi connectivity index (χ4v) is 19.2. The molecule has 0 aliphatic carbocycles. The van der Waals surface area contributed by atoms with E-state index in [0.717, 1.165) is 68.6 Å². The molecule has 82 heavy (non-hydrogen) atoms. The average molecular weight is 1370 g/mol. The molecule has 7 aromatic rings. The van der Waals surface area contributed by atoms with E-state index >= 15 is 0 Å². The van der Waals surface area contributed by atoms with E-state index in [-0.39, 0.29) is 39.7 Å². The van der Waals surface area contributed by atoms with Crippen molar-refractivity contribution in [3.8, 4) is 34.5 Å². The number of para-hydroxylation sites is 2. The lowest BCUT2D eigenvalue weighted by Crippen LogP contribution is -2.47. The molecular formula is C62H86Cl5O6P5Si4. The van der Waals surface area contributed by atoms with Crippen LogP contribution in [-0.4, -0.2) is 75.0 Å². The van der Waals surface area contributed by atoms with E-state index in [1.54, 1.807) is 42.7 Å². The number of methoxy groups -OCH3 is 6. The molecule has 7 aromatic carbocycles. The lowest BCUT2D eigenvalue weighted by atomic mass is 9.98. The van der Waals surface area contributed by atoms with E-state index in [9.17, 15) is 0 Å². The van der Waals surface area contributed by atoms with Gasteiger partial charge in [-0.05, 0) is 69.4 Å². The molecule has 5 unspecified atom stereocenters. The molecule has 0 bridgehead atoms. The van der Waals surface area contributed by atoms with Crippen molar-refractivity contribution in [2.24, 2.45) is 0 Å². The normalized spacial score (nSPS) is 11.9. The van der Waals surface area contributed by atoms with Crippen molar-refractivity contribution in [3.05, 3.63) is 162 Å². The largest absolute Gasteiger partial charge is 0.496 e. The SMILES string of the molecule is COc1c(Cc2ccccc2)cc(Cc2ccccc2)cc1PCl.COc1c(PCl)cc([Si](C)(C)C)cc1[Si](C)(C)C.COc1c(PCl)cccc1[Si](C)(C)C.COc1ccc([Si](C)(C)C)cc1PCl.COc1cccc(PCl)c1OC. The Bertz CT molecular complexity index is 3030. The van der Waals surface area contributed by atoms with Crippen LogP contribution in [0.25, 0.3) is 0 Å². The molecule has 0 N–H and O–H groups in total. The molecule has 0 spiro atoms. The predicted molar refractivity (Wildman–Crippen MR) is 391 cm³/mol. The van der Waals surface area contributed by atoms with Crippen molar-refractivity contribution in [3.63, 3.8) is 0 Å². The van der Waals surface area contributed by atoms with E-state index in [1.807, 2.05) is 42.5 Å². The lowest BCUT2D eigenvalue weighted by molar-refractivity contribution is 0.357. The first kappa shape index (κ1) is 74.1. The Hall–Kier alpha value is -2.19. The molecule has 20 heteroatoms. The third-order valence-corrected chi connectivity index (χ3v) is 26.9. The van der Waals surface area contributed by atoms with Gasteiger partial charge in [-0.15, -0.1) is 0 Å². The van der Waals surface area contributed by atoms with Crippen molar-refractivity contribution in [2.75, 3.05) is 42.7 Å². The number of rotatable bonds is 19. The summed E-state index contributed by atoms with van der Waals surface area (Å²) in [7, 11) is 6.07. The third-order valence-electron chi connectivity index (χ3n) is 12.9. The zero-order valence-corrected chi connectivity index (χ0v) is 63.8. The van der Waals surface area contributed by atoms with Gasteiger partial charge in [-0.25, -0.2) is 0 Å². The molecule has 5 atom stereocenters. The summed E-state index contributed by atoms with van der Waals surface area (Å²) in [6.45, 7) is 28.1. The van der Waals surface area contributed by atoms with Gasteiger partial charge in [-0.2, -0.15) is 0 Å². The second kappa shape index (κ2) is 36.2. The summed E-state index contributed by atoms with van der Waals surface area (Å²) in [6.07, 6.45) is 1.75. The smallest absolute Gasteiger partial charge is 0.169 e. The summed E-state index contributed by atoms with van der Waals surface area (Å²) in [5.41, 5.74) is 5.05. The monoisotopic (exact) mass is 1370 g/mol. The summed E-state index contributed by atoms with van der Waals surface area (Å²) >= 11 is 29.9. The van der Waals surface area contributed by atoms with Crippen LogP contribution in [0.3, 0.4) is 0 Å². The Balaban J connectivity index is 0.000000276. The second-order valence-electron chi connectivity index (χ2n) is 23.1. The first-order valence-corrected chi connectivity index (χ1v) is 50.7. The van der Waals surface area contributed by atoms with Gasteiger partial charge in [0.2, 0.25) is 0 Å². The van der Waals surface area contributed by atoms with Crippen LogP contribution in [0.15, 0.2) is 140 Å². The molecular weight excluding hydrogens is 1290 g/mol. The van der Waals surface area contributed by atoms with E-state index in [2.05, 4.69) is 176 Å². The van der Waals surface area contributed by atoms with E-state index in [0.29, 0.717) is 0 Å². The van der Waals surface area contributed by atoms with Gasteiger partial charge in [0.05, 0.1) is 75.0 Å². The van der Waals surface area contributed by atoms with Crippen LogP contribution in [0.1, 0.15) is 22.3 Å². The van der Waals surface area contributed by atoms with E-state index in [1.165, 1.54) is 48.3 Å². The maximum absolute atomic E-state index is 6.21. The van der Waals surface area contributed by atoms with Gasteiger partial charge in [-0.3, -0.25) is 0 Å². The lowest BCUT2D eigenvalue weighted by Gasteiger charge is -2.26. The van der Waals surface area contributed by atoms with E-state index in [4.69, 9.17) is 84.6 Å². The highest BCUT2D eigenvalue weighted by molar-refractivity contribution is 7.76. The molecule has 0 aliphatic heterocycles. The molecule has 0 saturated heterocycles. The molecule has 7 rings (SSSR count). The number of hydrogen-bond donors (Lipinski definition) is 0. The van der Waals surface area contributed by atoms with Crippen molar-refractivity contribution < 1.29 is 28.4 Å². The Morgan fingerprint density at radius 2 is 0.732 bits per heavy atom. The fourth-order valence-electron chi connectivity index (χ4n) is 8.49. The average Bonchev–Trinajstić information content (AvgIpc) is 3.61. The molecule has 0 amide bonds. The minimum absolute atomic E-state index is 0.197. The van der Waals surface area contributed by atoms with Gasteiger partial charge in [0.15, 0.2) is 11.5 Å². The van der Waals surface area contributed by atoms with Crippen LogP contribution in [-0.2, 0) is 12.8 Å². The number of benzene rings is 7. The summed E-state index contributed by atoms with van der Waals surface area (Å²) in [5, 5.41) is 11.2.